The van der Waals surface area contributed by atoms with Crippen LogP contribution in [-0.2, 0) is 80.1 Å². The van der Waals surface area contributed by atoms with Gasteiger partial charge in [0.1, 0.15) is 49.2 Å². The SMILES string of the molecule is CCCCCCCCCCCCCC(=O)O[C@H](CCCCCCCCCCC)CC(=O)OC[C@H](NC(=O)C[C@@H](CCCCCCCCCCC)OC(=O)CCCCCCCCCCC)[C@H](OCC1O[C@H](OP(=O)(O)O)C(NC(=O)C[C@H](O)CCCCCCCCCCC)[C@@H](OC(=O)C[C@H](O)CCCCCCCCCCC)[C@@H]1O)OC(CO)[C@H](C)OP(=O)(O)O. The number of unbranched alkanes of at least 4 members (excludes halogenated alkanes) is 50. The first-order chi connectivity index (χ1) is 59.7. The Morgan fingerprint density at radius 3 is 1.12 bits per heavy atom. The summed E-state index contributed by atoms with van der Waals surface area (Å²) >= 11 is 0. The lowest BCUT2D eigenvalue weighted by Gasteiger charge is -2.44. The van der Waals surface area contributed by atoms with Crippen molar-refractivity contribution in [2.75, 3.05) is 19.8 Å². The monoisotopic (exact) mass is 1810 g/mol. The molecule has 1 saturated heterocycles. The smallest absolute Gasteiger partial charge is 0.463 e. The Labute approximate surface area is 750 Å². The molecule has 27 nitrogen and oxygen atoms in total. The number of phosphoric ester groups is 2. The van der Waals surface area contributed by atoms with Crippen molar-refractivity contribution in [3.8, 4) is 0 Å². The number of aliphatic hydroxyl groups excluding tert-OH is 4. The molecule has 0 aromatic heterocycles. The quantitative estimate of drug-likeness (QED) is 0.00889. The average Bonchev–Trinajstić information content (AvgIpc) is 0.783. The van der Waals surface area contributed by atoms with Gasteiger partial charge in [0.15, 0.2) is 18.7 Å². The summed E-state index contributed by atoms with van der Waals surface area (Å²) in [5, 5.41) is 51.5. The number of aliphatic hydroxyl groups is 4. The topological polar surface area (TPSA) is 406 Å². The van der Waals surface area contributed by atoms with Gasteiger partial charge in [-0.3, -0.25) is 37.8 Å². The van der Waals surface area contributed by atoms with Crippen LogP contribution in [0, 0.1) is 0 Å². The van der Waals surface area contributed by atoms with Gasteiger partial charge in [-0.25, -0.2) is 9.13 Å². The van der Waals surface area contributed by atoms with E-state index < -0.39 is 176 Å². The number of nitrogens with one attached hydrogen (secondary N) is 2. The second-order valence-electron chi connectivity index (χ2n) is 35.6. The van der Waals surface area contributed by atoms with Crippen molar-refractivity contribution in [2.45, 2.75) is 552 Å². The highest BCUT2D eigenvalue weighted by molar-refractivity contribution is 7.46. The molecule has 0 spiro atoms. The number of phosphoric acid groups is 2. The van der Waals surface area contributed by atoms with Crippen LogP contribution in [0.1, 0.15) is 472 Å². The number of esters is 4. The van der Waals surface area contributed by atoms with Gasteiger partial charge in [0.05, 0.1) is 57.2 Å². The molecular weight excluding hydrogens is 1630 g/mol. The van der Waals surface area contributed by atoms with Crippen LogP contribution in [0.2, 0.25) is 0 Å². The minimum absolute atomic E-state index is 0.104. The fourth-order valence-electron chi connectivity index (χ4n) is 16.1. The molecule has 0 aromatic carbocycles. The van der Waals surface area contributed by atoms with Gasteiger partial charge in [-0.1, -0.05) is 375 Å². The molecular formula is C95H182N2O25P2. The van der Waals surface area contributed by atoms with Gasteiger partial charge in [-0.15, -0.1) is 0 Å². The third kappa shape index (κ3) is 68.8. The molecule has 13 atom stereocenters. The van der Waals surface area contributed by atoms with Crippen LogP contribution in [0.25, 0.3) is 0 Å². The van der Waals surface area contributed by atoms with E-state index in [1.54, 1.807) is 0 Å². The van der Waals surface area contributed by atoms with Crippen LogP contribution < -0.4 is 10.6 Å². The van der Waals surface area contributed by atoms with Crippen molar-refractivity contribution in [3.63, 3.8) is 0 Å². The summed E-state index contributed by atoms with van der Waals surface area (Å²) in [6, 6.07) is -3.68. The summed E-state index contributed by atoms with van der Waals surface area (Å²) in [7, 11) is -11.1. The van der Waals surface area contributed by atoms with Gasteiger partial charge in [0.2, 0.25) is 11.8 Å². The maximum Gasteiger partial charge on any atom is 0.472 e. The molecule has 2 amide bonds. The van der Waals surface area contributed by atoms with Crippen molar-refractivity contribution in [1.82, 2.24) is 10.6 Å². The number of hydrogen-bond donors (Lipinski definition) is 10. The van der Waals surface area contributed by atoms with Gasteiger partial charge in [-0.2, -0.15) is 0 Å². The van der Waals surface area contributed by atoms with E-state index in [-0.39, 0.29) is 32.1 Å². The summed E-state index contributed by atoms with van der Waals surface area (Å²) in [6.45, 7) is 11.3. The normalized spacial score (nSPS) is 17.6. The van der Waals surface area contributed by atoms with Gasteiger partial charge < -0.3 is 83.8 Å². The molecule has 732 valence electrons. The van der Waals surface area contributed by atoms with Crippen molar-refractivity contribution in [3.05, 3.63) is 0 Å². The molecule has 0 radical (unpaired) electrons. The number of carbonyl (C=O) groups excluding carboxylic acids is 6. The van der Waals surface area contributed by atoms with Crippen LogP contribution in [0.3, 0.4) is 0 Å². The fourth-order valence-corrected chi connectivity index (χ4v) is 17.1. The zero-order chi connectivity index (χ0) is 91.5. The molecule has 1 rings (SSSR count). The van der Waals surface area contributed by atoms with E-state index in [2.05, 4.69) is 52.2 Å². The maximum absolute atomic E-state index is 15.1. The Hall–Kier alpha value is -3.24. The highest BCUT2D eigenvalue weighted by Crippen LogP contribution is 2.42. The molecule has 1 aliphatic heterocycles. The number of hydrogen-bond acceptors (Lipinski definition) is 21. The Bertz CT molecular complexity index is 2680. The number of rotatable bonds is 89. The Balaban J connectivity index is 4.17. The van der Waals surface area contributed by atoms with Crippen LogP contribution in [0.4, 0.5) is 0 Å². The predicted octanol–water partition coefficient (Wildman–Crippen LogP) is 21.2. The Kier molecular flexibility index (Phi) is 76.1. The van der Waals surface area contributed by atoms with E-state index in [1.165, 1.54) is 77.0 Å². The lowest BCUT2D eigenvalue weighted by atomic mass is 9.96. The van der Waals surface area contributed by atoms with E-state index in [9.17, 15) is 73.1 Å². The van der Waals surface area contributed by atoms with Gasteiger partial charge >= 0.3 is 39.5 Å². The lowest BCUT2D eigenvalue weighted by Crippen LogP contribution is -2.66. The highest BCUT2D eigenvalue weighted by Gasteiger charge is 2.52. The van der Waals surface area contributed by atoms with Crippen LogP contribution in [0.5, 0.6) is 0 Å². The molecule has 1 fully saturated rings. The average molecular weight is 1810 g/mol. The first-order valence-corrected chi connectivity index (χ1v) is 53.2. The first-order valence-electron chi connectivity index (χ1n) is 50.1. The summed E-state index contributed by atoms with van der Waals surface area (Å²) in [6.07, 6.45) is 37.8. The minimum Gasteiger partial charge on any atom is -0.463 e. The van der Waals surface area contributed by atoms with E-state index in [0.29, 0.717) is 44.9 Å². The molecule has 3 unspecified atom stereocenters. The van der Waals surface area contributed by atoms with Crippen molar-refractivity contribution < 1.29 is 120 Å². The summed E-state index contributed by atoms with van der Waals surface area (Å²) in [4.78, 5) is 127. The molecule has 1 heterocycles. The number of ether oxygens (including phenoxy) is 7. The molecule has 29 heteroatoms. The van der Waals surface area contributed by atoms with Crippen LogP contribution in [0.15, 0.2) is 0 Å². The molecule has 0 aliphatic carbocycles. The van der Waals surface area contributed by atoms with E-state index in [0.717, 1.165) is 251 Å². The second kappa shape index (κ2) is 79.5. The van der Waals surface area contributed by atoms with Gasteiger partial charge in [0, 0.05) is 12.8 Å². The molecule has 10 N–H and O–H groups in total. The first kappa shape index (κ1) is 119. The maximum atomic E-state index is 15.1. The summed E-state index contributed by atoms with van der Waals surface area (Å²) < 4.78 is 79.0. The van der Waals surface area contributed by atoms with Crippen molar-refractivity contribution >= 4 is 51.3 Å². The van der Waals surface area contributed by atoms with E-state index in [4.69, 9.17) is 42.2 Å². The molecule has 0 aromatic rings. The second-order valence-corrected chi connectivity index (χ2v) is 38.0. The molecule has 0 bridgehead atoms. The standard InChI is InChI=1S/C95H182N2O25P2/c1-8-14-20-26-32-38-39-45-51-57-63-69-88(104)117-81(67-61-55-49-43-36-30-24-18-12-5)73-89(105)114-75-82(96-86(102)72-80(66-60-54-48-42-35-29-23-17-11-4)116-87(103)68-62-56-50-44-37-31-25-19-13-6)94(118-83(74-98)77(7)121-123(108,109)110)115-76-84-92(107)93(120-90(106)71-79(100)65-59-53-47-41-34-28-22-16-10-3)91(95(119-84)122-124(111,112)113)97-85(101)70-78(99)64-58-52-46-40-33-27-21-15-9-2/h77-84,91-95,98-100,107H,8-76H2,1-7H3,(H,96,102)(H,97,101)(H2,108,109,110)(H2,111,112,113)/t77-,78+,79+,80+,81+,82-,83?,84?,91?,92+,93+,94+,95+/m0/s1. The van der Waals surface area contributed by atoms with Crippen LogP contribution in [-0.4, -0.2) is 175 Å². The number of carbonyl (C=O) groups is 6. The fraction of sp³-hybridized carbons (Fsp3) is 0.937. The van der Waals surface area contributed by atoms with Crippen molar-refractivity contribution in [2.24, 2.45) is 0 Å². The molecule has 124 heavy (non-hydrogen) atoms. The largest absolute Gasteiger partial charge is 0.472 e. The minimum atomic E-state index is -5.69. The lowest BCUT2D eigenvalue weighted by molar-refractivity contribution is -0.276. The van der Waals surface area contributed by atoms with E-state index in [1.807, 2.05) is 0 Å². The highest BCUT2D eigenvalue weighted by atomic mass is 31.2. The third-order valence-electron chi connectivity index (χ3n) is 23.6. The Morgan fingerprint density at radius 1 is 0.411 bits per heavy atom. The zero-order valence-corrected chi connectivity index (χ0v) is 80.5. The zero-order valence-electron chi connectivity index (χ0n) is 78.7. The van der Waals surface area contributed by atoms with Crippen molar-refractivity contribution in [1.29, 1.82) is 0 Å². The molecule has 1 aliphatic rings. The number of amides is 2. The Morgan fingerprint density at radius 2 is 0.758 bits per heavy atom. The van der Waals surface area contributed by atoms with E-state index >= 15 is 4.79 Å². The molecule has 0 saturated carbocycles. The summed E-state index contributed by atoms with van der Waals surface area (Å²) in [5.74, 6) is -4.70. The summed E-state index contributed by atoms with van der Waals surface area (Å²) in [5.41, 5.74) is 0. The van der Waals surface area contributed by atoms with Gasteiger partial charge in [0.25, 0.3) is 0 Å². The predicted molar refractivity (Wildman–Crippen MR) is 487 cm³/mol. The van der Waals surface area contributed by atoms with Gasteiger partial charge in [-0.05, 0) is 58.3 Å². The van der Waals surface area contributed by atoms with Crippen LogP contribution >= 0.6 is 15.6 Å². The third-order valence-corrected chi connectivity index (χ3v) is 24.7.